The first-order valence-electron chi connectivity index (χ1n) is 17.4. The van der Waals surface area contributed by atoms with Crippen LogP contribution in [0.5, 0.6) is 0 Å². The summed E-state index contributed by atoms with van der Waals surface area (Å²) in [4.78, 5) is 0. The summed E-state index contributed by atoms with van der Waals surface area (Å²) in [5, 5.41) is 0. The lowest BCUT2D eigenvalue weighted by molar-refractivity contribution is -0.380. The van der Waals surface area contributed by atoms with Gasteiger partial charge < -0.3 is 28.4 Å². The van der Waals surface area contributed by atoms with Gasteiger partial charge in [-0.2, -0.15) is 0 Å². The average molecular weight is 575 g/mol. The van der Waals surface area contributed by atoms with Gasteiger partial charge in [-0.25, -0.2) is 0 Å². The Morgan fingerprint density at radius 1 is 0.250 bits per heavy atom. The Kier molecular flexibility index (Phi) is 28.7. The third-order valence-electron chi connectivity index (χ3n) is 7.40. The highest BCUT2D eigenvalue weighted by Crippen LogP contribution is 2.25. The molecule has 6 nitrogen and oxygen atoms in total. The number of unbranched alkanes of at least 4 members (excludes halogenated alkanes) is 17. The van der Waals surface area contributed by atoms with E-state index < -0.39 is 11.9 Å². The molecule has 0 saturated heterocycles. The van der Waals surface area contributed by atoms with Crippen molar-refractivity contribution in [3.8, 4) is 0 Å². The molecule has 40 heavy (non-hydrogen) atoms. The summed E-state index contributed by atoms with van der Waals surface area (Å²) in [6, 6.07) is 0. The summed E-state index contributed by atoms with van der Waals surface area (Å²) >= 11 is 0. The summed E-state index contributed by atoms with van der Waals surface area (Å²) in [7, 11) is 0. The Morgan fingerprint density at radius 3 is 0.550 bits per heavy atom. The lowest BCUT2D eigenvalue weighted by atomic mass is 10.0. The van der Waals surface area contributed by atoms with Crippen molar-refractivity contribution in [2.24, 2.45) is 0 Å². The molecule has 0 aromatic rings. The fourth-order valence-electron chi connectivity index (χ4n) is 5.51. The number of rotatable bonds is 33. The maximum atomic E-state index is 5.82. The van der Waals surface area contributed by atoms with Crippen LogP contribution in [0.2, 0.25) is 0 Å². The van der Waals surface area contributed by atoms with Crippen LogP contribution in [0.15, 0.2) is 0 Å². The van der Waals surface area contributed by atoms with Crippen molar-refractivity contribution < 1.29 is 28.4 Å². The van der Waals surface area contributed by atoms with E-state index in [1.54, 1.807) is 0 Å². The van der Waals surface area contributed by atoms with E-state index in [4.69, 9.17) is 28.4 Å². The highest BCUT2D eigenvalue weighted by atomic mass is 16.9. The first-order valence-corrected chi connectivity index (χ1v) is 17.4. The second kappa shape index (κ2) is 28.9. The van der Waals surface area contributed by atoms with Gasteiger partial charge in [-0.05, 0) is 54.4 Å². The Bertz CT molecular complexity index is 423. The van der Waals surface area contributed by atoms with E-state index in [2.05, 4.69) is 0 Å². The third-order valence-corrected chi connectivity index (χ3v) is 7.40. The number of hydrogen-bond donors (Lipinski definition) is 0. The molecular weight excluding hydrogens is 504 g/mol. The van der Waals surface area contributed by atoms with E-state index in [-0.39, 0.29) is 0 Å². The van der Waals surface area contributed by atoms with Gasteiger partial charge in [0.15, 0.2) is 0 Å². The van der Waals surface area contributed by atoms with Crippen molar-refractivity contribution in [1.29, 1.82) is 0 Å². The molecule has 0 N–H and O–H groups in total. The molecule has 0 saturated carbocycles. The van der Waals surface area contributed by atoms with Gasteiger partial charge >= 0.3 is 0 Å². The van der Waals surface area contributed by atoms with Crippen LogP contribution in [0.25, 0.3) is 0 Å². The second-order valence-electron chi connectivity index (χ2n) is 10.8. The van der Waals surface area contributed by atoms with Gasteiger partial charge in [0.25, 0.3) is 11.9 Å². The van der Waals surface area contributed by atoms with Gasteiger partial charge in [-0.15, -0.1) is 0 Å². The SMILES string of the molecule is CCOC(CCCCCCCCCCCCCCCCCCCCC(OCC)(OCC)OCC)(OCC)OCC. The predicted octanol–water partition coefficient (Wildman–Crippen LogP) is 10.3. The van der Waals surface area contributed by atoms with Crippen LogP contribution in [0.4, 0.5) is 0 Å². The topological polar surface area (TPSA) is 55.4 Å². The lowest BCUT2D eigenvalue weighted by Crippen LogP contribution is -2.39. The predicted molar refractivity (Wildman–Crippen MR) is 168 cm³/mol. The number of hydrogen-bond acceptors (Lipinski definition) is 6. The molecule has 6 heteroatoms. The molecule has 0 bridgehead atoms. The molecule has 0 aromatic heterocycles. The van der Waals surface area contributed by atoms with Gasteiger partial charge in [-0.3, -0.25) is 0 Å². The molecule has 0 aromatic carbocycles. The maximum Gasteiger partial charge on any atom is 0.282 e. The summed E-state index contributed by atoms with van der Waals surface area (Å²) in [5.74, 6) is -1.66. The summed E-state index contributed by atoms with van der Waals surface area (Å²) in [6.07, 6.45) is 25.6. The zero-order chi connectivity index (χ0) is 29.6. The standard InChI is InChI=1S/C34H70O6/c1-7-35-33(36-8-2,37-9-3)31-29-27-25-23-21-19-17-15-13-14-16-18-20-22-24-26-28-30-32-34(38-10-4,39-11-5)40-12-6/h7-32H2,1-6H3. The zero-order valence-electron chi connectivity index (χ0n) is 27.8. The zero-order valence-corrected chi connectivity index (χ0v) is 27.8. The fraction of sp³-hybridized carbons (Fsp3) is 1.00. The molecule has 0 spiro atoms. The van der Waals surface area contributed by atoms with E-state index in [0.717, 1.165) is 25.7 Å². The van der Waals surface area contributed by atoms with E-state index in [1.807, 2.05) is 41.5 Å². The molecule has 0 atom stereocenters. The molecule has 0 aliphatic carbocycles. The first-order chi connectivity index (χ1) is 19.6. The molecule has 0 radical (unpaired) electrons. The molecule has 0 rings (SSSR count). The van der Waals surface area contributed by atoms with Crippen LogP contribution in [0.1, 0.15) is 170 Å². The first kappa shape index (κ1) is 39.8. The van der Waals surface area contributed by atoms with Crippen LogP contribution in [0.3, 0.4) is 0 Å². The van der Waals surface area contributed by atoms with E-state index in [1.165, 1.54) is 103 Å². The summed E-state index contributed by atoms with van der Waals surface area (Å²) in [6.45, 7) is 15.7. The molecular formula is C34H70O6. The number of ether oxygens (including phenoxy) is 6. The van der Waals surface area contributed by atoms with E-state index >= 15 is 0 Å². The summed E-state index contributed by atoms with van der Waals surface area (Å²) in [5.41, 5.74) is 0. The van der Waals surface area contributed by atoms with Gasteiger partial charge in [0.05, 0.1) is 0 Å². The average Bonchev–Trinajstić information content (AvgIpc) is 2.93. The molecule has 0 unspecified atom stereocenters. The smallest absolute Gasteiger partial charge is 0.282 e. The highest BCUT2D eigenvalue weighted by molar-refractivity contribution is 4.61. The Labute approximate surface area is 249 Å². The quantitative estimate of drug-likeness (QED) is 0.0574. The minimum atomic E-state index is -0.829. The van der Waals surface area contributed by atoms with Crippen molar-refractivity contribution in [2.75, 3.05) is 39.6 Å². The fourth-order valence-corrected chi connectivity index (χ4v) is 5.51. The van der Waals surface area contributed by atoms with Gasteiger partial charge in [0.2, 0.25) is 0 Å². The third kappa shape index (κ3) is 21.5. The van der Waals surface area contributed by atoms with Gasteiger partial charge in [-0.1, -0.05) is 103 Å². The Balaban J connectivity index is 3.54. The van der Waals surface area contributed by atoms with Crippen LogP contribution in [-0.2, 0) is 28.4 Å². The van der Waals surface area contributed by atoms with Crippen molar-refractivity contribution >= 4 is 0 Å². The van der Waals surface area contributed by atoms with Crippen LogP contribution < -0.4 is 0 Å². The lowest BCUT2D eigenvalue weighted by Gasteiger charge is -2.32. The van der Waals surface area contributed by atoms with E-state index in [0.29, 0.717) is 39.6 Å². The highest BCUT2D eigenvalue weighted by Gasteiger charge is 2.32. The van der Waals surface area contributed by atoms with Crippen LogP contribution >= 0.6 is 0 Å². The van der Waals surface area contributed by atoms with Crippen molar-refractivity contribution in [2.45, 2.75) is 182 Å². The largest absolute Gasteiger partial charge is 0.328 e. The minimum Gasteiger partial charge on any atom is -0.328 e. The maximum absolute atomic E-state index is 5.82. The second-order valence-corrected chi connectivity index (χ2v) is 10.8. The molecule has 0 amide bonds. The monoisotopic (exact) mass is 575 g/mol. The van der Waals surface area contributed by atoms with Crippen molar-refractivity contribution in [3.63, 3.8) is 0 Å². The molecule has 242 valence electrons. The normalized spacial score (nSPS) is 12.4. The Hall–Kier alpha value is -0.240. The van der Waals surface area contributed by atoms with Crippen molar-refractivity contribution in [1.82, 2.24) is 0 Å². The van der Waals surface area contributed by atoms with E-state index in [9.17, 15) is 0 Å². The Morgan fingerprint density at radius 2 is 0.400 bits per heavy atom. The van der Waals surface area contributed by atoms with Crippen LogP contribution in [0, 0.1) is 0 Å². The molecule has 0 fully saturated rings. The van der Waals surface area contributed by atoms with Gasteiger partial charge in [0.1, 0.15) is 0 Å². The van der Waals surface area contributed by atoms with Gasteiger partial charge in [0, 0.05) is 52.5 Å². The molecule has 0 heterocycles. The van der Waals surface area contributed by atoms with Crippen molar-refractivity contribution in [3.05, 3.63) is 0 Å². The molecule has 0 aliphatic rings. The molecule has 0 aliphatic heterocycles. The summed E-state index contributed by atoms with van der Waals surface area (Å²) < 4.78 is 34.9. The minimum absolute atomic E-state index is 0.614. The van der Waals surface area contributed by atoms with Crippen LogP contribution in [-0.4, -0.2) is 51.6 Å².